The first-order valence-electron chi connectivity index (χ1n) is 17.5. The van der Waals surface area contributed by atoms with Crippen LogP contribution in [0.1, 0.15) is 114 Å². The molecule has 0 saturated carbocycles. The molecule has 0 saturated heterocycles. The number of benzene rings is 4. The molecule has 230 valence electrons. The number of hydrogen-bond donors (Lipinski definition) is 0. The van der Waals surface area contributed by atoms with E-state index in [0.717, 1.165) is 6.42 Å². The summed E-state index contributed by atoms with van der Waals surface area (Å²) in [5.74, 6) is 0.269. The molecule has 2 heteroatoms. The molecule has 0 fully saturated rings. The van der Waals surface area contributed by atoms with Crippen LogP contribution in [0.2, 0.25) is 0 Å². The quantitative estimate of drug-likeness (QED) is 0.157. The zero-order chi connectivity index (χ0) is 32.5. The molecule has 0 radical (unpaired) electrons. The summed E-state index contributed by atoms with van der Waals surface area (Å²) < 4.78 is 5.31. The normalized spacial score (nSPS) is 17.7. The smallest absolute Gasteiger partial charge is 0.125 e. The van der Waals surface area contributed by atoms with Crippen molar-refractivity contribution in [1.82, 2.24) is 0 Å². The minimum atomic E-state index is -0.371. The van der Waals surface area contributed by atoms with Gasteiger partial charge in [0.2, 0.25) is 17.1 Å². The fourth-order valence-corrected chi connectivity index (χ4v) is 8.16. The fraction of sp³-hybridized carbons (Fsp3) is 0.302. The highest BCUT2D eigenvalue weighted by atomic mass is 15.3. The van der Waals surface area contributed by atoms with E-state index in [4.69, 9.17) is 0 Å². The van der Waals surface area contributed by atoms with E-state index in [1.54, 1.807) is 0 Å². The SMILES string of the molecule is CC.CC.CC.CC.CC.c1ccc2c(c1)-c1ccc3c4c1C1=[N+](c5ccccc5C12)C41c2c(cccc2-c2cccc[n+]21)C3. The van der Waals surface area contributed by atoms with E-state index in [-0.39, 0.29) is 11.6 Å². The van der Waals surface area contributed by atoms with Crippen molar-refractivity contribution in [2.45, 2.75) is 87.2 Å². The molecule has 1 aromatic heterocycles. The van der Waals surface area contributed by atoms with E-state index in [2.05, 4.69) is 112 Å². The van der Waals surface area contributed by atoms with Gasteiger partial charge in [-0.15, -0.1) is 9.14 Å². The van der Waals surface area contributed by atoms with Crippen LogP contribution in [0.25, 0.3) is 22.4 Å². The second-order valence-electron chi connectivity index (χ2n) is 10.5. The van der Waals surface area contributed by atoms with Crippen molar-refractivity contribution in [3.63, 3.8) is 0 Å². The van der Waals surface area contributed by atoms with Crippen molar-refractivity contribution in [2.75, 3.05) is 0 Å². The highest BCUT2D eigenvalue weighted by Crippen LogP contribution is 2.62. The van der Waals surface area contributed by atoms with Gasteiger partial charge in [-0.3, -0.25) is 0 Å². The van der Waals surface area contributed by atoms with Gasteiger partial charge in [0.15, 0.2) is 6.20 Å². The first-order valence-corrected chi connectivity index (χ1v) is 17.5. The van der Waals surface area contributed by atoms with E-state index in [0.29, 0.717) is 0 Å². The van der Waals surface area contributed by atoms with Gasteiger partial charge in [0.05, 0.1) is 11.1 Å². The molecule has 0 amide bonds. The van der Waals surface area contributed by atoms with E-state index in [1.165, 1.54) is 72.7 Å². The summed E-state index contributed by atoms with van der Waals surface area (Å²) in [6.07, 6.45) is 3.31. The third-order valence-corrected chi connectivity index (χ3v) is 9.15. The Morgan fingerprint density at radius 2 is 1.16 bits per heavy atom. The molecule has 45 heavy (non-hydrogen) atoms. The number of nitrogens with zero attached hydrogens (tertiary/aromatic N) is 2. The van der Waals surface area contributed by atoms with Gasteiger partial charge in [0.1, 0.15) is 17.0 Å². The van der Waals surface area contributed by atoms with Gasteiger partial charge in [0, 0.05) is 23.8 Å². The lowest BCUT2D eigenvalue weighted by atomic mass is 9.69. The Labute approximate surface area is 271 Å². The van der Waals surface area contributed by atoms with Gasteiger partial charge in [-0.05, 0) is 46.4 Å². The fourth-order valence-electron chi connectivity index (χ4n) is 8.16. The number of fused-ring (bicyclic) bond motifs is 8. The topological polar surface area (TPSA) is 6.89 Å². The Hall–Kier alpha value is -4.30. The van der Waals surface area contributed by atoms with Crippen molar-refractivity contribution in [3.05, 3.63) is 142 Å². The Morgan fingerprint density at radius 3 is 1.91 bits per heavy atom. The third kappa shape index (κ3) is 3.94. The molecule has 0 bridgehead atoms. The van der Waals surface area contributed by atoms with Crippen LogP contribution >= 0.6 is 0 Å². The average Bonchev–Trinajstić information content (AvgIpc) is 3.77. The maximum absolute atomic E-state index is 2.73. The molecule has 1 spiro atoms. The predicted octanol–water partition coefficient (Wildman–Crippen LogP) is 11.0. The minimum Gasteiger partial charge on any atom is -0.125 e. The molecular weight excluding hydrogens is 544 g/mol. The molecule has 2 atom stereocenters. The van der Waals surface area contributed by atoms with Crippen molar-refractivity contribution in [1.29, 1.82) is 0 Å². The average molecular weight is 595 g/mol. The minimum absolute atomic E-state index is 0.269. The standard InChI is InChI=1S/C33H20N2.5C2H6/c1-2-10-22-21(9-1)23-16-15-20-18-19-8-7-12-25-26-13-5-6-17-34(26)33(30(19)25)31(20)29(23)32-28(22)24-11-3-4-14-27(24)35(32)33;5*1-2/h1-17,28H,18H2;5*1-2H3/q+2;;;;;. The summed E-state index contributed by atoms with van der Waals surface area (Å²) in [5.41, 5.74) is 18.2. The number of hydrogen-bond acceptors (Lipinski definition) is 0. The van der Waals surface area contributed by atoms with Crippen LogP contribution in [0.5, 0.6) is 0 Å². The maximum Gasteiger partial charge on any atom is 0.418 e. The molecule has 2 aliphatic carbocycles. The number of pyridine rings is 1. The summed E-state index contributed by atoms with van der Waals surface area (Å²) >= 11 is 0. The maximum atomic E-state index is 2.73. The van der Waals surface area contributed by atoms with Crippen molar-refractivity contribution in [2.24, 2.45) is 0 Å². The first kappa shape index (κ1) is 32.1. The van der Waals surface area contributed by atoms with E-state index in [1.807, 2.05) is 69.2 Å². The second kappa shape index (κ2) is 13.0. The number of para-hydroxylation sites is 1. The van der Waals surface area contributed by atoms with Crippen molar-refractivity contribution >= 4 is 11.4 Å². The van der Waals surface area contributed by atoms with Gasteiger partial charge in [-0.1, -0.05) is 136 Å². The van der Waals surface area contributed by atoms with Gasteiger partial charge in [0.25, 0.3) is 0 Å². The van der Waals surface area contributed by atoms with Gasteiger partial charge < -0.3 is 0 Å². The highest BCUT2D eigenvalue weighted by Gasteiger charge is 2.74. The van der Waals surface area contributed by atoms with E-state index in [9.17, 15) is 0 Å². The monoisotopic (exact) mass is 594 g/mol. The predicted molar refractivity (Wildman–Crippen MR) is 192 cm³/mol. The Balaban J connectivity index is 0.000000369. The summed E-state index contributed by atoms with van der Waals surface area (Å²) in [6, 6.07) is 36.7. The van der Waals surface area contributed by atoms with E-state index < -0.39 is 0 Å². The van der Waals surface area contributed by atoms with Crippen LogP contribution in [0.15, 0.2) is 103 Å². The Morgan fingerprint density at radius 1 is 0.533 bits per heavy atom. The molecule has 4 heterocycles. The third-order valence-electron chi connectivity index (χ3n) is 9.15. The Kier molecular flexibility index (Phi) is 9.26. The van der Waals surface area contributed by atoms with Crippen molar-refractivity contribution < 1.29 is 9.14 Å². The van der Waals surface area contributed by atoms with Crippen LogP contribution in [0.3, 0.4) is 0 Å². The number of rotatable bonds is 0. The lowest BCUT2D eigenvalue weighted by molar-refractivity contribution is -0.874. The van der Waals surface area contributed by atoms with Gasteiger partial charge >= 0.3 is 5.66 Å². The zero-order valence-corrected chi connectivity index (χ0v) is 29.0. The van der Waals surface area contributed by atoms with Crippen LogP contribution in [-0.4, -0.2) is 10.3 Å². The van der Waals surface area contributed by atoms with E-state index >= 15 is 0 Å². The molecule has 2 nitrogen and oxygen atoms in total. The molecule has 10 rings (SSSR count). The molecule has 3 aliphatic heterocycles. The zero-order valence-electron chi connectivity index (χ0n) is 29.0. The van der Waals surface area contributed by atoms with Crippen LogP contribution in [0, 0.1) is 0 Å². The van der Waals surface area contributed by atoms with Gasteiger partial charge in [-0.25, -0.2) is 0 Å². The van der Waals surface area contributed by atoms with Crippen LogP contribution in [0.4, 0.5) is 5.69 Å². The second-order valence-corrected chi connectivity index (χ2v) is 10.5. The molecule has 5 aromatic rings. The molecule has 4 aromatic carbocycles. The number of aromatic nitrogens is 1. The summed E-state index contributed by atoms with van der Waals surface area (Å²) in [4.78, 5) is 0. The van der Waals surface area contributed by atoms with Crippen molar-refractivity contribution in [3.8, 4) is 22.4 Å². The summed E-state index contributed by atoms with van der Waals surface area (Å²) in [7, 11) is 0. The largest absolute Gasteiger partial charge is 0.418 e. The Bertz CT molecular complexity index is 1890. The summed E-state index contributed by atoms with van der Waals surface area (Å²) in [5, 5.41) is 0. The van der Waals surface area contributed by atoms with Crippen LogP contribution < -0.4 is 4.57 Å². The molecule has 2 unspecified atom stereocenters. The van der Waals surface area contributed by atoms with Crippen LogP contribution in [-0.2, 0) is 12.1 Å². The highest BCUT2D eigenvalue weighted by molar-refractivity contribution is 6.17. The summed E-state index contributed by atoms with van der Waals surface area (Å²) in [6.45, 7) is 20.0. The molecular formula is C43H50N2+2. The lowest BCUT2D eigenvalue weighted by Crippen LogP contribution is -2.61. The first-order chi connectivity index (χ1) is 22.4. The lowest BCUT2D eigenvalue weighted by Gasteiger charge is -2.29. The molecule has 0 N–H and O–H groups in total. The molecule has 5 aliphatic rings. The van der Waals surface area contributed by atoms with Gasteiger partial charge in [-0.2, -0.15) is 0 Å².